The zero-order chi connectivity index (χ0) is 18.5. The van der Waals surface area contributed by atoms with Gasteiger partial charge in [-0.05, 0) is 49.6 Å². The molecule has 2 unspecified atom stereocenters. The summed E-state index contributed by atoms with van der Waals surface area (Å²) < 4.78 is 5.85. The van der Waals surface area contributed by atoms with E-state index in [1.807, 2.05) is 53.4 Å². The number of likely N-dealkylation sites (tertiary alicyclic amines) is 1. The zero-order valence-corrected chi connectivity index (χ0v) is 15.8. The summed E-state index contributed by atoms with van der Waals surface area (Å²) in [5.74, 6) is 1.31. The van der Waals surface area contributed by atoms with Gasteiger partial charge in [-0.25, -0.2) is 0 Å². The summed E-state index contributed by atoms with van der Waals surface area (Å²) in [6, 6.07) is 15.6. The summed E-state index contributed by atoms with van der Waals surface area (Å²) in [4.78, 5) is 14.6. The van der Waals surface area contributed by atoms with E-state index in [-0.39, 0.29) is 11.9 Å². The Kier molecular flexibility index (Phi) is 6.17. The van der Waals surface area contributed by atoms with Crippen LogP contribution in [0.1, 0.15) is 24.5 Å². The highest BCUT2D eigenvalue weighted by Crippen LogP contribution is 2.24. The number of carbonyl (C=O) groups excluding carboxylic acids is 1. The number of halogens is 1. The lowest BCUT2D eigenvalue weighted by Crippen LogP contribution is -2.35. The Bertz CT molecular complexity index is 765. The molecule has 1 fully saturated rings. The van der Waals surface area contributed by atoms with Crippen LogP contribution in [0.15, 0.2) is 48.5 Å². The minimum atomic E-state index is 0.150. The molecule has 1 aliphatic heterocycles. The summed E-state index contributed by atoms with van der Waals surface area (Å²) in [7, 11) is 0. The van der Waals surface area contributed by atoms with Gasteiger partial charge in [0, 0.05) is 23.2 Å². The molecule has 5 heteroatoms. The first kappa shape index (κ1) is 18.7. The molecule has 0 aromatic heterocycles. The minimum absolute atomic E-state index is 0.150. The molecule has 2 atom stereocenters. The molecule has 138 valence electrons. The molecule has 0 saturated carbocycles. The molecule has 1 saturated heterocycles. The van der Waals surface area contributed by atoms with Gasteiger partial charge in [-0.15, -0.1) is 0 Å². The Morgan fingerprint density at radius 3 is 2.81 bits per heavy atom. The highest BCUT2D eigenvalue weighted by atomic mass is 35.5. The summed E-state index contributed by atoms with van der Waals surface area (Å²) in [5, 5.41) is 0.691. The molecule has 0 bridgehead atoms. The van der Waals surface area contributed by atoms with E-state index in [2.05, 4.69) is 6.92 Å². The fraction of sp³-hybridized carbons (Fsp3) is 0.381. The summed E-state index contributed by atoms with van der Waals surface area (Å²) in [6.45, 7) is 3.90. The number of hydrogen-bond donors (Lipinski definition) is 1. The molecule has 1 aliphatic rings. The van der Waals surface area contributed by atoms with Crippen LogP contribution in [0, 0.1) is 5.92 Å². The normalized spacial score (nSPS) is 19.6. The lowest BCUT2D eigenvalue weighted by atomic mass is 10.1. The van der Waals surface area contributed by atoms with Gasteiger partial charge in [0.15, 0.2) is 0 Å². The predicted octanol–water partition coefficient (Wildman–Crippen LogP) is 3.66. The highest BCUT2D eigenvalue weighted by molar-refractivity contribution is 6.31. The van der Waals surface area contributed by atoms with Crippen molar-refractivity contribution in [1.82, 2.24) is 4.90 Å². The maximum Gasteiger partial charge on any atom is 0.227 e. The molecular weight excluding hydrogens is 348 g/mol. The lowest BCUT2D eigenvalue weighted by molar-refractivity contribution is -0.131. The second-order valence-electron chi connectivity index (χ2n) is 6.94. The van der Waals surface area contributed by atoms with Crippen LogP contribution >= 0.6 is 11.6 Å². The van der Waals surface area contributed by atoms with Crippen molar-refractivity contribution in [2.45, 2.75) is 32.4 Å². The van der Waals surface area contributed by atoms with Crippen LogP contribution in [0.5, 0.6) is 5.75 Å². The van der Waals surface area contributed by atoms with Gasteiger partial charge in [-0.1, -0.05) is 41.9 Å². The summed E-state index contributed by atoms with van der Waals surface area (Å²) in [5.41, 5.74) is 7.65. The molecule has 0 radical (unpaired) electrons. The second kappa shape index (κ2) is 8.56. The Balaban J connectivity index is 1.60. The third-order valence-corrected chi connectivity index (χ3v) is 5.29. The molecule has 2 aromatic rings. The van der Waals surface area contributed by atoms with E-state index in [1.165, 1.54) is 0 Å². The Labute approximate surface area is 159 Å². The van der Waals surface area contributed by atoms with Gasteiger partial charge in [0.05, 0.1) is 6.42 Å². The van der Waals surface area contributed by atoms with Crippen molar-refractivity contribution in [2.75, 3.05) is 13.1 Å². The number of rotatable bonds is 6. The van der Waals surface area contributed by atoms with Crippen molar-refractivity contribution in [3.63, 3.8) is 0 Å². The average molecular weight is 373 g/mol. The quantitative estimate of drug-likeness (QED) is 0.841. The molecule has 0 aliphatic carbocycles. The van der Waals surface area contributed by atoms with Crippen LogP contribution in [0.25, 0.3) is 0 Å². The van der Waals surface area contributed by atoms with Crippen LogP contribution in [0.2, 0.25) is 5.02 Å². The van der Waals surface area contributed by atoms with E-state index in [9.17, 15) is 4.79 Å². The van der Waals surface area contributed by atoms with Crippen LogP contribution < -0.4 is 10.5 Å². The van der Waals surface area contributed by atoms with Crippen LogP contribution in [-0.2, 0) is 17.8 Å². The molecule has 2 aromatic carbocycles. The number of nitrogens with two attached hydrogens (primary N) is 1. The van der Waals surface area contributed by atoms with Crippen molar-refractivity contribution >= 4 is 17.5 Å². The van der Waals surface area contributed by atoms with Gasteiger partial charge < -0.3 is 15.4 Å². The molecular formula is C21H25ClN2O2. The molecule has 1 amide bonds. The Morgan fingerprint density at radius 2 is 2.08 bits per heavy atom. The van der Waals surface area contributed by atoms with Gasteiger partial charge in [0.2, 0.25) is 5.91 Å². The van der Waals surface area contributed by atoms with E-state index < -0.39 is 0 Å². The van der Waals surface area contributed by atoms with Crippen molar-refractivity contribution in [3.05, 3.63) is 64.7 Å². The summed E-state index contributed by atoms with van der Waals surface area (Å²) >= 11 is 6.16. The average Bonchev–Trinajstić information content (AvgIpc) is 3.02. The summed E-state index contributed by atoms with van der Waals surface area (Å²) in [6.07, 6.45) is 1.37. The van der Waals surface area contributed by atoms with Crippen LogP contribution in [0.3, 0.4) is 0 Å². The first-order chi connectivity index (χ1) is 12.6. The van der Waals surface area contributed by atoms with Gasteiger partial charge in [0.1, 0.15) is 12.4 Å². The van der Waals surface area contributed by atoms with E-state index in [0.29, 0.717) is 30.5 Å². The van der Waals surface area contributed by atoms with Crippen LogP contribution in [0.4, 0.5) is 0 Å². The van der Waals surface area contributed by atoms with Crippen molar-refractivity contribution in [1.29, 1.82) is 0 Å². The number of amides is 1. The van der Waals surface area contributed by atoms with Gasteiger partial charge in [0.25, 0.3) is 0 Å². The van der Waals surface area contributed by atoms with Crippen molar-refractivity contribution < 1.29 is 9.53 Å². The predicted molar refractivity (Wildman–Crippen MR) is 104 cm³/mol. The molecule has 4 nitrogen and oxygen atoms in total. The van der Waals surface area contributed by atoms with E-state index >= 15 is 0 Å². The van der Waals surface area contributed by atoms with Crippen molar-refractivity contribution in [3.8, 4) is 5.75 Å². The third-order valence-electron chi connectivity index (χ3n) is 4.92. The smallest absolute Gasteiger partial charge is 0.227 e. The van der Waals surface area contributed by atoms with E-state index in [1.54, 1.807) is 0 Å². The highest BCUT2D eigenvalue weighted by Gasteiger charge is 2.31. The lowest BCUT2D eigenvalue weighted by Gasteiger charge is -2.21. The SMILES string of the molecule is CC1CC(CN)CN1C(=O)Cc1cccc(OCc2ccccc2Cl)c1. The van der Waals surface area contributed by atoms with Gasteiger partial charge in [-0.2, -0.15) is 0 Å². The van der Waals surface area contributed by atoms with Crippen molar-refractivity contribution in [2.24, 2.45) is 11.7 Å². The Hall–Kier alpha value is -2.04. The minimum Gasteiger partial charge on any atom is -0.489 e. The molecule has 3 rings (SSSR count). The number of ether oxygens (including phenoxy) is 1. The maximum absolute atomic E-state index is 12.6. The largest absolute Gasteiger partial charge is 0.489 e. The fourth-order valence-corrected chi connectivity index (χ4v) is 3.65. The van der Waals surface area contributed by atoms with E-state index in [0.717, 1.165) is 29.8 Å². The Morgan fingerprint density at radius 1 is 1.27 bits per heavy atom. The number of benzene rings is 2. The molecule has 26 heavy (non-hydrogen) atoms. The van der Waals surface area contributed by atoms with Gasteiger partial charge >= 0.3 is 0 Å². The van der Waals surface area contributed by atoms with E-state index in [4.69, 9.17) is 22.1 Å². The molecule has 0 spiro atoms. The maximum atomic E-state index is 12.6. The standard InChI is InChI=1S/C21H25ClN2O2/c1-15-9-17(12-23)13-24(15)21(25)11-16-5-4-7-19(10-16)26-14-18-6-2-3-8-20(18)22/h2-8,10,15,17H,9,11-14,23H2,1H3. The first-order valence-corrected chi connectivity index (χ1v) is 9.39. The second-order valence-corrected chi connectivity index (χ2v) is 7.34. The molecule has 2 N–H and O–H groups in total. The fourth-order valence-electron chi connectivity index (χ4n) is 3.46. The zero-order valence-electron chi connectivity index (χ0n) is 15.0. The number of hydrogen-bond acceptors (Lipinski definition) is 3. The third kappa shape index (κ3) is 4.57. The first-order valence-electron chi connectivity index (χ1n) is 9.01. The topological polar surface area (TPSA) is 55.6 Å². The van der Waals surface area contributed by atoms with Gasteiger partial charge in [-0.3, -0.25) is 4.79 Å². The number of carbonyl (C=O) groups is 1. The van der Waals surface area contributed by atoms with Crippen LogP contribution in [-0.4, -0.2) is 29.9 Å². The molecule has 1 heterocycles. The monoisotopic (exact) mass is 372 g/mol. The number of nitrogens with zero attached hydrogens (tertiary/aromatic N) is 1.